The molecule has 0 atom stereocenters. The lowest BCUT2D eigenvalue weighted by Gasteiger charge is -2.04. The first-order chi connectivity index (χ1) is 8.63. The largest absolute Gasteiger partial charge is 0.369 e. The molecule has 4 nitrogen and oxygen atoms in total. The molecule has 2 heterocycles. The number of fused-ring (bicyclic) bond motifs is 1. The summed E-state index contributed by atoms with van der Waals surface area (Å²) in [6.07, 6.45) is 0. The number of imidazole rings is 1. The summed E-state index contributed by atoms with van der Waals surface area (Å²) in [6.45, 7) is 4.75. The van der Waals surface area contributed by atoms with E-state index in [1.807, 2.05) is 23.6 Å². The summed E-state index contributed by atoms with van der Waals surface area (Å²) in [6, 6.07) is 6.16. The summed E-state index contributed by atoms with van der Waals surface area (Å²) in [4.78, 5) is 8.84. The van der Waals surface area contributed by atoms with Gasteiger partial charge in [-0.15, -0.1) is 11.3 Å². The fourth-order valence-corrected chi connectivity index (χ4v) is 2.66. The maximum absolute atomic E-state index is 5.99. The Morgan fingerprint density at radius 1 is 1.28 bits per heavy atom. The third-order valence-corrected chi connectivity index (χ3v) is 3.74. The standard InChI is InChI=1S/C13H14N4S/c1-8-3-4-11-12(5-8)17(13(14)16-11)6-10-7-18-9(2)15-10/h3-5,7H,6H2,1-2H3,(H2,14,16). The molecule has 0 spiro atoms. The Kier molecular flexibility index (Phi) is 2.56. The van der Waals surface area contributed by atoms with Crippen LogP contribution in [0, 0.1) is 13.8 Å². The molecule has 3 rings (SSSR count). The highest BCUT2D eigenvalue weighted by Gasteiger charge is 2.09. The molecule has 0 radical (unpaired) electrons. The van der Waals surface area contributed by atoms with Crippen molar-refractivity contribution in [2.45, 2.75) is 20.4 Å². The minimum Gasteiger partial charge on any atom is -0.369 e. The SMILES string of the molecule is Cc1ccc2nc(N)n(Cc3csc(C)n3)c2c1. The van der Waals surface area contributed by atoms with E-state index in [4.69, 9.17) is 5.73 Å². The average Bonchev–Trinajstić information content (AvgIpc) is 2.86. The molecule has 5 heteroatoms. The van der Waals surface area contributed by atoms with Crippen LogP contribution in [0.3, 0.4) is 0 Å². The molecule has 1 aromatic carbocycles. The van der Waals surface area contributed by atoms with E-state index in [1.54, 1.807) is 11.3 Å². The van der Waals surface area contributed by atoms with Gasteiger partial charge in [-0.3, -0.25) is 0 Å². The lowest BCUT2D eigenvalue weighted by Crippen LogP contribution is -2.04. The molecule has 0 amide bonds. The first-order valence-electron chi connectivity index (χ1n) is 5.77. The monoisotopic (exact) mass is 258 g/mol. The normalized spacial score (nSPS) is 11.2. The predicted molar refractivity (Wildman–Crippen MR) is 74.8 cm³/mol. The minimum absolute atomic E-state index is 0.543. The van der Waals surface area contributed by atoms with E-state index in [1.165, 1.54) is 5.56 Å². The molecule has 0 unspecified atom stereocenters. The van der Waals surface area contributed by atoms with Crippen LogP contribution in [0.25, 0.3) is 11.0 Å². The lowest BCUT2D eigenvalue weighted by molar-refractivity contribution is 0.813. The first-order valence-corrected chi connectivity index (χ1v) is 6.65. The number of hydrogen-bond donors (Lipinski definition) is 1. The highest BCUT2D eigenvalue weighted by atomic mass is 32.1. The van der Waals surface area contributed by atoms with Gasteiger partial charge in [0.05, 0.1) is 28.3 Å². The van der Waals surface area contributed by atoms with Crippen LogP contribution in [-0.2, 0) is 6.54 Å². The molecular weight excluding hydrogens is 244 g/mol. The summed E-state index contributed by atoms with van der Waals surface area (Å²) < 4.78 is 2.01. The smallest absolute Gasteiger partial charge is 0.201 e. The van der Waals surface area contributed by atoms with Crippen molar-refractivity contribution in [3.05, 3.63) is 39.8 Å². The zero-order valence-electron chi connectivity index (χ0n) is 10.3. The van der Waals surface area contributed by atoms with Crippen LogP contribution in [0.1, 0.15) is 16.3 Å². The summed E-state index contributed by atoms with van der Waals surface area (Å²) >= 11 is 1.65. The third kappa shape index (κ3) is 1.86. The van der Waals surface area contributed by atoms with E-state index in [-0.39, 0.29) is 0 Å². The van der Waals surface area contributed by atoms with Gasteiger partial charge in [0.1, 0.15) is 0 Å². The lowest BCUT2D eigenvalue weighted by atomic mass is 10.2. The van der Waals surface area contributed by atoms with Crippen molar-refractivity contribution in [3.8, 4) is 0 Å². The van der Waals surface area contributed by atoms with Crippen LogP contribution in [0.5, 0.6) is 0 Å². The number of aromatic nitrogens is 3. The van der Waals surface area contributed by atoms with Gasteiger partial charge >= 0.3 is 0 Å². The molecule has 0 aliphatic carbocycles. The molecule has 0 aliphatic rings. The van der Waals surface area contributed by atoms with Crippen molar-refractivity contribution in [2.24, 2.45) is 0 Å². The molecule has 0 saturated carbocycles. The molecular formula is C13H14N4S. The molecule has 0 saturated heterocycles. The van der Waals surface area contributed by atoms with Crippen molar-refractivity contribution in [1.29, 1.82) is 0 Å². The minimum atomic E-state index is 0.543. The van der Waals surface area contributed by atoms with Crippen molar-refractivity contribution in [2.75, 3.05) is 5.73 Å². The number of benzene rings is 1. The van der Waals surface area contributed by atoms with Gasteiger partial charge in [0, 0.05) is 5.38 Å². The van der Waals surface area contributed by atoms with Gasteiger partial charge in [0.25, 0.3) is 0 Å². The second kappa shape index (κ2) is 4.10. The highest BCUT2D eigenvalue weighted by Crippen LogP contribution is 2.21. The van der Waals surface area contributed by atoms with E-state index in [0.717, 1.165) is 21.7 Å². The zero-order chi connectivity index (χ0) is 12.7. The molecule has 0 bridgehead atoms. The van der Waals surface area contributed by atoms with Gasteiger partial charge in [-0.25, -0.2) is 9.97 Å². The number of nitrogens with zero attached hydrogens (tertiary/aromatic N) is 3. The third-order valence-electron chi connectivity index (χ3n) is 2.92. The van der Waals surface area contributed by atoms with Gasteiger partial charge in [-0.05, 0) is 31.5 Å². The van der Waals surface area contributed by atoms with Crippen molar-refractivity contribution >= 4 is 28.3 Å². The fourth-order valence-electron chi connectivity index (χ4n) is 2.06. The van der Waals surface area contributed by atoms with Crippen LogP contribution < -0.4 is 5.73 Å². The van der Waals surface area contributed by atoms with Crippen molar-refractivity contribution < 1.29 is 0 Å². The number of anilines is 1. The van der Waals surface area contributed by atoms with Crippen LogP contribution >= 0.6 is 11.3 Å². The van der Waals surface area contributed by atoms with Crippen LogP contribution in [0.2, 0.25) is 0 Å². The summed E-state index contributed by atoms with van der Waals surface area (Å²) in [5.74, 6) is 0.543. The van der Waals surface area contributed by atoms with E-state index >= 15 is 0 Å². The maximum atomic E-state index is 5.99. The summed E-state index contributed by atoms with van der Waals surface area (Å²) in [5, 5.41) is 3.14. The number of rotatable bonds is 2. The van der Waals surface area contributed by atoms with E-state index < -0.39 is 0 Å². The second-order valence-electron chi connectivity index (χ2n) is 4.41. The number of nitrogens with two attached hydrogens (primary N) is 1. The maximum Gasteiger partial charge on any atom is 0.201 e. The Bertz CT molecular complexity index is 711. The van der Waals surface area contributed by atoms with Crippen molar-refractivity contribution in [3.63, 3.8) is 0 Å². The van der Waals surface area contributed by atoms with E-state index in [0.29, 0.717) is 12.5 Å². The average molecular weight is 258 g/mol. The molecule has 92 valence electrons. The van der Waals surface area contributed by atoms with Gasteiger partial charge in [0.15, 0.2) is 0 Å². The van der Waals surface area contributed by atoms with Gasteiger partial charge in [-0.2, -0.15) is 0 Å². The Morgan fingerprint density at radius 2 is 2.11 bits per heavy atom. The van der Waals surface area contributed by atoms with Gasteiger partial charge in [-0.1, -0.05) is 6.07 Å². The number of aryl methyl sites for hydroxylation is 2. The molecule has 0 fully saturated rings. The number of hydrogen-bond acceptors (Lipinski definition) is 4. The molecule has 3 aromatic rings. The zero-order valence-corrected chi connectivity index (χ0v) is 11.2. The molecule has 18 heavy (non-hydrogen) atoms. The van der Waals surface area contributed by atoms with Crippen LogP contribution in [0.4, 0.5) is 5.95 Å². The Morgan fingerprint density at radius 3 is 2.83 bits per heavy atom. The molecule has 2 N–H and O–H groups in total. The van der Waals surface area contributed by atoms with Gasteiger partial charge in [0.2, 0.25) is 5.95 Å². The molecule has 0 aliphatic heterocycles. The Hall–Kier alpha value is -1.88. The van der Waals surface area contributed by atoms with E-state index in [9.17, 15) is 0 Å². The highest BCUT2D eigenvalue weighted by molar-refractivity contribution is 7.09. The summed E-state index contributed by atoms with van der Waals surface area (Å²) in [5.41, 5.74) is 10.2. The molecule has 2 aromatic heterocycles. The topological polar surface area (TPSA) is 56.7 Å². The van der Waals surface area contributed by atoms with Crippen LogP contribution in [-0.4, -0.2) is 14.5 Å². The Balaban J connectivity index is 2.10. The number of thiazole rings is 1. The Labute approximate surface area is 109 Å². The summed E-state index contributed by atoms with van der Waals surface area (Å²) in [7, 11) is 0. The second-order valence-corrected chi connectivity index (χ2v) is 5.47. The fraction of sp³-hybridized carbons (Fsp3) is 0.231. The van der Waals surface area contributed by atoms with Gasteiger partial charge < -0.3 is 10.3 Å². The van der Waals surface area contributed by atoms with E-state index in [2.05, 4.69) is 28.3 Å². The first kappa shape index (κ1) is 11.2. The quantitative estimate of drug-likeness (QED) is 0.769. The predicted octanol–water partition coefficient (Wildman–Crippen LogP) is 2.74. The van der Waals surface area contributed by atoms with Crippen molar-refractivity contribution in [1.82, 2.24) is 14.5 Å². The van der Waals surface area contributed by atoms with Crippen LogP contribution in [0.15, 0.2) is 23.6 Å². The number of nitrogen functional groups attached to an aromatic ring is 1.